The molecule has 3 rings (SSSR count). The van der Waals surface area contributed by atoms with Gasteiger partial charge in [-0.05, 0) is 54.6 Å². The molecule has 122 valence electrons. The van der Waals surface area contributed by atoms with E-state index in [2.05, 4.69) is 36.7 Å². The third-order valence-electron chi connectivity index (χ3n) is 3.35. The zero-order valence-corrected chi connectivity index (χ0v) is 14.2. The Morgan fingerprint density at radius 1 is 1.25 bits per heavy atom. The van der Waals surface area contributed by atoms with Gasteiger partial charge in [-0.1, -0.05) is 22.0 Å². The van der Waals surface area contributed by atoms with Crippen molar-refractivity contribution >= 4 is 27.5 Å². The van der Waals surface area contributed by atoms with Gasteiger partial charge in [-0.2, -0.15) is 4.80 Å². The van der Waals surface area contributed by atoms with E-state index >= 15 is 0 Å². The number of rotatable bonds is 4. The maximum absolute atomic E-state index is 13.2. The third-order valence-corrected chi connectivity index (χ3v) is 3.88. The number of benzene rings is 2. The molecule has 1 atom stereocenters. The molecule has 24 heavy (non-hydrogen) atoms. The summed E-state index contributed by atoms with van der Waals surface area (Å²) in [6.07, 6.45) is 0. The van der Waals surface area contributed by atoms with Crippen molar-refractivity contribution < 1.29 is 9.18 Å². The molecule has 0 bridgehead atoms. The second-order valence-electron chi connectivity index (χ2n) is 5.12. The summed E-state index contributed by atoms with van der Waals surface area (Å²) in [7, 11) is 0. The zero-order valence-electron chi connectivity index (χ0n) is 12.6. The predicted octanol–water partition coefficient (Wildman–Crippen LogP) is 3.44. The van der Waals surface area contributed by atoms with Crippen molar-refractivity contribution in [2.24, 2.45) is 0 Å². The number of carbonyl (C=O) groups excluding carboxylic acids is 1. The van der Waals surface area contributed by atoms with Crippen LogP contribution in [0.5, 0.6) is 0 Å². The monoisotopic (exact) mass is 389 g/mol. The topological polar surface area (TPSA) is 72.7 Å². The molecule has 1 amide bonds. The number of anilines is 1. The fraction of sp³-hybridized carbons (Fsp3) is 0.125. The van der Waals surface area contributed by atoms with Crippen LogP contribution in [-0.4, -0.2) is 26.1 Å². The second kappa shape index (κ2) is 6.88. The number of nitrogens with one attached hydrogen (secondary N) is 1. The summed E-state index contributed by atoms with van der Waals surface area (Å²) < 4.78 is 14.1. The highest BCUT2D eigenvalue weighted by Crippen LogP contribution is 2.18. The minimum absolute atomic E-state index is 0.361. The average Bonchev–Trinajstić information content (AvgIpc) is 3.04. The summed E-state index contributed by atoms with van der Waals surface area (Å²) in [6.45, 7) is 1.64. The smallest absolute Gasteiger partial charge is 0.250 e. The van der Waals surface area contributed by atoms with Crippen molar-refractivity contribution in [3.63, 3.8) is 0 Å². The molecule has 1 unspecified atom stereocenters. The summed E-state index contributed by atoms with van der Waals surface area (Å²) >= 11 is 3.36. The van der Waals surface area contributed by atoms with Crippen LogP contribution in [0.25, 0.3) is 11.4 Å². The summed E-state index contributed by atoms with van der Waals surface area (Å²) in [5.41, 5.74) is 1.17. The predicted molar refractivity (Wildman–Crippen MR) is 90.7 cm³/mol. The quantitative estimate of drug-likeness (QED) is 0.741. The van der Waals surface area contributed by atoms with E-state index in [-0.39, 0.29) is 5.91 Å². The molecule has 0 saturated heterocycles. The number of aromatic nitrogens is 4. The van der Waals surface area contributed by atoms with Crippen molar-refractivity contribution in [1.82, 2.24) is 20.2 Å². The summed E-state index contributed by atoms with van der Waals surface area (Å²) in [5, 5.41) is 14.7. The van der Waals surface area contributed by atoms with Crippen molar-refractivity contribution in [3.8, 4) is 11.4 Å². The van der Waals surface area contributed by atoms with E-state index in [1.807, 2.05) is 24.3 Å². The van der Waals surface area contributed by atoms with Crippen LogP contribution in [0.3, 0.4) is 0 Å². The fourth-order valence-corrected chi connectivity index (χ4v) is 2.29. The van der Waals surface area contributed by atoms with Gasteiger partial charge in [0, 0.05) is 15.7 Å². The van der Waals surface area contributed by atoms with E-state index in [0.717, 1.165) is 10.0 Å². The Bertz CT molecular complexity index is 865. The maximum atomic E-state index is 13.2. The molecular weight excluding hydrogens is 377 g/mol. The first-order valence-electron chi connectivity index (χ1n) is 7.15. The van der Waals surface area contributed by atoms with Gasteiger partial charge in [0.15, 0.2) is 0 Å². The van der Waals surface area contributed by atoms with Gasteiger partial charge in [-0.3, -0.25) is 4.79 Å². The number of halogens is 2. The number of carbonyl (C=O) groups is 1. The highest BCUT2D eigenvalue weighted by atomic mass is 79.9. The van der Waals surface area contributed by atoms with Gasteiger partial charge >= 0.3 is 0 Å². The average molecular weight is 390 g/mol. The van der Waals surface area contributed by atoms with Crippen LogP contribution in [0.15, 0.2) is 53.0 Å². The molecule has 0 aliphatic carbocycles. The van der Waals surface area contributed by atoms with E-state index in [0.29, 0.717) is 11.5 Å². The van der Waals surface area contributed by atoms with E-state index in [1.165, 1.54) is 23.0 Å². The highest BCUT2D eigenvalue weighted by Gasteiger charge is 2.19. The van der Waals surface area contributed by atoms with Gasteiger partial charge in [0.25, 0.3) is 5.91 Å². The van der Waals surface area contributed by atoms with Crippen molar-refractivity contribution in [3.05, 3.63) is 58.8 Å². The van der Waals surface area contributed by atoms with Gasteiger partial charge in [0.05, 0.1) is 0 Å². The normalized spacial score (nSPS) is 12.0. The molecule has 1 aromatic heterocycles. The van der Waals surface area contributed by atoms with Crippen LogP contribution < -0.4 is 5.32 Å². The Morgan fingerprint density at radius 2 is 2.00 bits per heavy atom. The van der Waals surface area contributed by atoms with E-state index in [4.69, 9.17) is 0 Å². The molecule has 6 nitrogen and oxygen atoms in total. The van der Waals surface area contributed by atoms with Crippen molar-refractivity contribution in [2.75, 3.05) is 5.32 Å². The highest BCUT2D eigenvalue weighted by molar-refractivity contribution is 9.10. The summed E-state index contributed by atoms with van der Waals surface area (Å²) in [6, 6.07) is 12.4. The SMILES string of the molecule is CC(C(=O)Nc1cccc(F)c1)n1nnc(-c2ccc(Br)cc2)n1. The van der Waals surface area contributed by atoms with E-state index < -0.39 is 11.9 Å². The molecule has 1 heterocycles. The molecule has 0 spiro atoms. The molecule has 0 saturated carbocycles. The molecule has 3 aromatic rings. The number of hydrogen-bond acceptors (Lipinski definition) is 4. The van der Waals surface area contributed by atoms with Crippen LogP contribution in [0, 0.1) is 5.82 Å². The lowest BCUT2D eigenvalue weighted by molar-refractivity contribution is -0.119. The van der Waals surface area contributed by atoms with Gasteiger partial charge in [0.1, 0.15) is 11.9 Å². The Hall–Kier alpha value is -2.61. The first-order valence-corrected chi connectivity index (χ1v) is 7.94. The van der Waals surface area contributed by atoms with Crippen LogP contribution in [0.4, 0.5) is 10.1 Å². The second-order valence-corrected chi connectivity index (χ2v) is 6.03. The van der Waals surface area contributed by atoms with Crippen LogP contribution in [0.2, 0.25) is 0 Å². The maximum Gasteiger partial charge on any atom is 0.250 e. The number of tetrazole rings is 1. The number of amides is 1. The largest absolute Gasteiger partial charge is 0.324 e. The van der Waals surface area contributed by atoms with Crippen LogP contribution in [0.1, 0.15) is 13.0 Å². The first-order chi connectivity index (χ1) is 11.5. The molecule has 0 aliphatic rings. The number of nitrogens with zero attached hydrogens (tertiary/aromatic N) is 4. The van der Waals surface area contributed by atoms with Crippen LogP contribution in [-0.2, 0) is 4.79 Å². The fourth-order valence-electron chi connectivity index (χ4n) is 2.02. The minimum atomic E-state index is -0.690. The Balaban J connectivity index is 1.74. The minimum Gasteiger partial charge on any atom is -0.324 e. The zero-order chi connectivity index (χ0) is 17.1. The molecule has 0 radical (unpaired) electrons. The van der Waals surface area contributed by atoms with Gasteiger partial charge < -0.3 is 5.32 Å². The Morgan fingerprint density at radius 3 is 2.71 bits per heavy atom. The lowest BCUT2D eigenvalue weighted by Gasteiger charge is -2.10. The Labute approximate surface area is 145 Å². The summed E-state index contributed by atoms with van der Waals surface area (Å²) in [4.78, 5) is 13.5. The molecule has 2 aromatic carbocycles. The third kappa shape index (κ3) is 3.65. The lowest BCUT2D eigenvalue weighted by Crippen LogP contribution is -2.25. The molecule has 8 heteroatoms. The lowest BCUT2D eigenvalue weighted by atomic mass is 10.2. The van der Waals surface area contributed by atoms with E-state index in [9.17, 15) is 9.18 Å². The van der Waals surface area contributed by atoms with Crippen LogP contribution >= 0.6 is 15.9 Å². The van der Waals surface area contributed by atoms with Crippen molar-refractivity contribution in [1.29, 1.82) is 0 Å². The number of hydrogen-bond donors (Lipinski definition) is 1. The van der Waals surface area contributed by atoms with Gasteiger partial charge in [0.2, 0.25) is 5.82 Å². The molecular formula is C16H13BrFN5O. The molecule has 0 aliphatic heterocycles. The molecule has 0 fully saturated rings. The van der Waals surface area contributed by atoms with Crippen molar-refractivity contribution in [2.45, 2.75) is 13.0 Å². The van der Waals surface area contributed by atoms with Gasteiger partial charge in [-0.25, -0.2) is 4.39 Å². The Kier molecular flexibility index (Phi) is 4.66. The summed E-state index contributed by atoms with van der Waals surface area (Å²) in [5.74, 6) is -0.356. The first kappa shape index (κ1) is 16.3. The molecule has 1 N–H and O–H groups in total. The van der Waals surface area contributed by atoms with E-state index in [1.54, 1.807) is 13.0 Å². The standard InChI is InChI=1S/C16H13BrFN5O/c1-10(16(24)19-14-4-2-3-13(18)9-14)23-21-15(20-22-23)11-5-7-12(17)8-6-11/h2-10H,1H3,(H,19,24). The van der Waals surface area contributed by atoms with Gasteiger partial charge in [-0.15, -0.1) is 10.2 Å².